The van der Waals surface area contributed by atoms with Crippen LogP contribution in [0.4, 0.5) is 4.39 Å². The summed E-state index contributed by atoms with van der Waals surface area (Å²) in [5.41, 5.74) is 0.0208. The van der Waals surface area contributed by atoms with Crippen molar-refractivity contribution >= 4 is 33.3 Å². The van der Waals surface area contributed by atoms with E-state index in [0.717, 1.165) is 10.5 Å². The zero-order valence-electron chi connectivity index (χ0n) is 9.45. The molecule has 0 atom stereocenters. The molecule has 0 spiro atoms. The summed E-state index contributed by atoms with van der Waals surface area (Å²) in [7, 11) is 0. The first kappa shape index (κ1) is 13.7. The van der Waals surface area contributed by atoms with E-state index in [4.69, 9.17) is 16.9 Å². The molecule has 0 bridgehead atoms. The van der Waals surface area contributed by atoms with E-state index in [1.54, 1.807) is 30.3 Å². The second-order valence-electron chi connectivity index (χ2n) is 3.76. The molecule has 94 valence electrons. The Balaban J connectivity index is 2.59. The zero-order valence-corrected chi connectivity index (χ0v) is 11.8. The summed E-state index contributed by atoms with van der Waals surface area (Å²) in [4.78, 5) is 12.3. The van der Waals surface area contributed by atoms with E-state index in [-0.39, 0.29) is 16.1 Å². The third-order valence-corrected chi connectivity index (χ3v) is 3.21. The molecule has 2 aromatic rings. The predicted molar refractivity (Wildman–Crippen MR) is 73.7 cm³/mol. The highest BCUT2D eigenvalue weighted by Crippen LogP contribution is 2.23. The lowest BCUT2D eigenvalue weighted by molar-refractivity contribution is 0.103. The molecular formula is C14H6BrClFNO. The smallest absolute Gasteiger partial charge is 0.194 e. The molecule has 0 aliphatic carbocycles. The first-order valence-corrected chi connectivity index (χ1v) is 6.39. The summed E-state index contributed by atoms with van der Waals surface area (Å²) in [6, 6.07) is 10.6. The van der Waals surface area contributed by atoms with Crippen molar-refractivity contribution < 1.29 is 9.18 Å². The van der Waals surface area contributed by atoms with Crippen LogP contribution in [-0.2, 0) is 0 Å². The van der Waals surface area contributed by atoms with Gasteiger partial charge in [-0.15, -0.1) is 0 Å². The number of carbonyl (C=O) groups is 1. The average Bonchev–Trinajstić information content (AvgIpc) is 2.37. The van der Waals surface area contributed by atoms with Crippen LogP contribution in [0.25, 0.3) is 0 Å². The quantitative estimate of drug-likeness (QED) is 0.764. The van der Waals surface area contributed by atoms with Gasteiger partial charge in [-0.2, -0.15) is 5.26 Å². The molecule has 5 heteroatoms. The number of nitrogens with zero attached hydrogens (tertiary/aromatic N) is 1. The van der Waals surface area contributed by atoms with Crippen LogP contribution in [0.5, 0.6) is 0 Å². The monoisotopic (exact) mass is 337 g/mol. The van der Waals surface area contributed by atoms with Gasteiger partial charge in [-0.1, -0.05) is 39.7 Å². The number of ketones is 1. The van der Waals surface area contributed by atoms with Gasteiger partial charge in [0.15, 0.2) is 5.78 Å². The van der Waals surface area contributed by atoms with Crippen LogP contribution in [0.3, 0.4) is 0 Å². The van der Waals surface area contributed by atoms with Crippen LogP contribution in [0.2, 0.25) is 5.02 Å². The summed E-state index contributed by atoms with van der Waals surface area (Å²) >= 11 is 8.98. The highest BCUT2D eigenvalue weighted by atomic mass is 79.9. The van der Waals surface area contributed by atoms with E-state index < -0.39 is 11.6 Å². The molecule has 2 rings (SSSR count). The van der Waals surface area contributed by atoms with Crippen LogP contribution in [-0.4, -0.2) is 5.78 Å². The number of rotatable bonds is 2. The second-order valence-corrected chi connectivity index (χ2v) is 5.11. The van der Waals surface area contributed by atoms with Crippen LogP contribution in [0.15, 0.2) is 40.9 Å². The fourth-order valence-electron chi connectivity index (χ4n) is 1.65. The highest BCUT2D eigenvalue weighted by Gasteiger charge is 2.18. The second kappa shape index (κ2) is 5.52. The molecule has 0 N–H and O–H groups in total. The Labute approximate surface area is 122 Å². The van der Waals surface area contributed by atoms with Crippen molar-refractivity contribution in [3.63, 3.8) is 0 Å². The van der Waals surface area contributed by atoms with Gasteiger partial charge in [-0.3, -0.25) is 4.79 Å². The van der Waals surface area contributed by atoms with E-state index in [1.165, 1.54) is 6.07 Å². The highest BCUT2D eigenvalue weighted by molar-refractivity contribution is 9.10. The zero-order chi connectivity index (χ0) is 14.0. The van der Waals surface area contributed by atoms with Gasteiger partial charge in [0.1, 0.15) is 11.9 Å². The lowest BCUT2D eigenvalue weighted by Gasteiger charge is -2.05. The standard InChI is InChI=1S/C14H6BrClFNO/c15-9-3-1-2-8(4-9)14(19)11-5-10(16)6-13(17)12(11)7-18/h1-6H. The normalized spacial score (nSPS) is 10.0. The summed E-state index contributed by atoms with van der Waals surface area (Å²) < 4.78 is 14.3. The Morgan fingerprint density at radius 2 is 2.05 bits per heavy atom. The molecule has 0 saturated carbocycles. The maximum atomic E-state index is 13.6. The maximum absolute atomic E-state index is 13.6. The Bertz CT molecular complexity index is 709. The number of nitriles is 1. The molecule has 2 aromatic carbocycles. The molecule has 0 aliphatic heterocycles. The number of carbonyl (C=O) groups excluding carboxylic acids is 1. The molecular weight excluding hydrogens is 333 g/mol. The third kappa shape index (κ3) is 2.83. The van der Waals surface area contributed by atoms with Gasteiger partial charge in [0.2, 0.25) is 0 Å². The van der Waals surface area contributed by atoms with Crippen molar-refractivity contribution in [2.45, 2.75) is 0 Å². The number of halogens is 3. The molecule has 0 unspecified atom stereocenters. The van der Waals surface area contributed by atoms with Crippen molar-refractivity contribution in [2.75, 3.05) is 0 Å². The molecule has 0 heterocycles. The van der Waals surface area contributed by atoms with Crippen LogP contribution in [0, 0.1) is 17.1 Å². The van der Waals surface area contributed by atoms with Gasteiger partial charge in [0, 0.05) is 20.6 Å². The molecule has 0 radical (unpaired) electrons. The first-order chi connectivity index (χ1) is 9.02. The first-order valence-electron chi connectivity index (χ1n) is 5.22. The van der Waals surface area contributed by atoms with E-state index >= 15 is 0 Å². The molecule has 0 fully saturated rings. The number of benzene rings is 2. The van der Waals surface area contributed by atoms with Crippen LogP contribution in [0.1, 0.15) is 21.5 Å². The predicted octanol–water partition coefficient (Wildman–Crippen LogP) is 4.34. The molecule has 0 aromatic heterocycles. The SMILES string of the molecule is N#Cc1c(F)cc(Cl)cc1C(=O)c1cccc(Br)c1. The van der Waals surface area contributed by atoms with E-state index in [2.05, 4.69) is 15.9 Å². The van der Waals surface area contributed by atoms with Crippen LogP contribution < -0.4 is 0 Å². The minimum Gasteiger partial charge on any atom is -0.289 e. The topological polar surface area (TPSA) is 40.9 Å². The van der Waals surface area contributed by atoms with Gasteiger partial charge >= 0.3 is 0 Å². The maximum Gasteiger partial charge on any atom is 0.194 e. The largest absolute Gasteiger partial charge is 0.289 e. The molecule has 0 aliphatic rings. The van der Waals surface area contributed by atoms with E-state index in [0.29, 0.717) is 5.56 Å². The molecule has 2 nitrogen and oxygen atoms in total. The van der Waals surface area contributed by atoms with Gasteiger partial charge < -0.3 is 0 Å². The van der Waals surface area contributed by atoms with Gasteiger partial charge in [-0.05, 0) is 24.3 Å². The van der Waals surface area contributed by atoms with Crippen molar-refractivity contribution in [3.8, 4) is 6.07 Å². The van der Waals surface area contributed by atoms with Crippen molar-refractivity contribution in [1.29, 1.82) is 5.26 Å². The summed E-state index contributed by atoms with van der Waals surface area (Å²) in [5.74, 6) is -1.24. The minimum atomic E-state index is -0.798. The molecule has 0 saturated heterocycles. The Morgan fingerprint density at radius 3 is 2.68 bits per heavy atom. The Kier molecular flexibility index (Phi) is 3.98. The molecule has 19 heavy (non-hydrogen) atoms. The summed E-state index contributed by atoms with van der Waals surface area (Å²) in [6.07, 6.45) is 0. The third-order valence-electron chi connectivity index (χ3n) is 2.50. The van der Waals surface area contributed by atoms with Gasteiger partial charge in [0.05, 0.1) is 5.56 Å². The van der Waals surface area contributed by atoms with Crippen molar-refractivity contribution in [1.82, 2.24) is 0 Å². The van der Waals surface area contributed by atoms with Gasteiger partial charge in [0.25, 0.3) is 0 Å². The number of hydrogen-bond acceptors (Lipinski definition) is 2. The minimum absolute atomic E-state index is 0.0365. The lowest BCUT2D eigenvalue weighted by Crippen LogP contribution is -2.06. The van der Waals surface area contributed by atoms with Crippen molar-refractivity contribution in [2.24, 2.45) is 0 Å². The number of hydrogen-bond donors (Lipinski definition) is 0. The van der Waals surface area contributed by atoms with Crippen LogP contribution >= 0.6 is 27.5 Å². The Hall–Kier alpha value is -1.70. The average molecular weight is 339 g/mol. The van der Waals surface area contributed by atoms with E-state index in [1.807, 2.05) is 0 Å². The lowest BCUT2D eigenvalue weighted by atomic mass is 9.98. The Morgan fingerprint density at radius 1 is 1.32 bits per heavy atom. The van der Waals surface area contributed by atoms with Crippen molar-refractivity contribution in [3.05, 3.63) is 68.4 Å². The summed E-state index contributed by atoms with van der Waals surface area (Å²) in [5, 5.41) is 9.02. The van der Waals surface area contributed by atoms with Gasteiger partial charge in [-0.25, -0.2) is 4.39 Å². The molecule has 0 amide bonds. The fourth-order valence-corrected chi connectivity index (χ4v) is 2.26. The van der Waals surface area contributed by atoms with E-state index in [9.17, 15) is 9.18 Å². The fraction of sp³-hybridized carbons (Fsp3) is 0. The summed E-state index contributed by atoms with van der Waals surface area (Å²) in [6.45, 7) is 0.